The monoisotopic (exact) mass is 285 g/mol. The van der Waals surface area contributed by atoms with E-state index in [0.717, 1.165) is 5.82 Å². The maximum Gasteiger partial charge on any atom is 0.179 e. The van der Waals surface area contributed by atoms with E-state index in [0.29, 0.717) is 23.5 Å². The first-order valence-electron chi connectivity index (χ1n) is 5.76. The topological polar surface area (TPSA) is 64.3 Å². The molecule has 0 aromatic carbocycles. The summed E-state index contributed by atoms with van der Waals surface area (Å²) in [5.74, 6) is 1.41. The molecule has 5 nitrogen and oxygen atoms in total. The first-order valence-corrected chi connectivity index (χ1v) is 7.96. The van der Waals surface area contributed by atoms with Crippen LogP contribution in [0.5, 0.6) is 0 Å². The maximum atomic E-state index is 11.4. The van der Waals surface area contributed by atoms with Gasteiger partial charge in [-0.15, -0.1) is 10.2 Å². The van der Waals surface area contributed by atoms with Crippen LogP contribution < -0.4 is 0 Å². The van der Waals surface area contributed by atoms with Gasteiger partial charge in [-0.2, -0.15) is 0 Å². The second-order valence-corrected chi connectivity index (χ2v) is 7.24. The lowest BCUT2D eigenvalue weighted by Gasteiger charge is -2.20. The van der Waals surface area contributed by atoms with Crippen LogP contribution in [0.4, 0.5) is 0 Å². The van der Waals surface area contributed by atoms with Gasteiger partial charge in [0.05, 0.1) is 16.5 Å². The Morgan fingerprint density at radius 3 is 2.72 bits per heavy atom. The Morgan fingerprint density at radius 1 is 1.28 bits per heavy atom. The van der Waals surface area contributed by atoms with Crippen LogP contribution in [0.15, 0.2) is 18.3 Å². The molecule has 0 atom stereocenters. The zero-order valence-electron chi connectivity index (χ0n) is 9.58. The molecular formula is C11H12ClN3O2S. The SMILES string of the molecule is O=S1(=O)CCC(c2nnc3c(Cl)cccn23)CC1. The summed E-state index contributed by atoms with van der Waals surface area (Å²) in [5.41, 5.74) is 0.627. The second-order valence-electron chi connectivity index (χ2n) is 4.53. The van der Waals surface area contributed by atoms with Crippen LogP contribution in [0.3, 0.4) is 0 Å². The molecule has 0 spiro atoms. The number of pyridine rings is 1. The van der Waals surface area contributed by atoms with E-state index in [1.807, 2.05) is 16.7 Å². The predicted molar refractivity (Wildman–Crippen MR) is 68.6 cm³/mol. The van der Waals surface area contributed by atoms with Crippen LogP contribution in [-0.2, 0) is 9.84 Å². The smallest absolute Gasteiger partial charge is 0.179 e. The molecule has 2 aromatic rings. The lowest BCUT2D eigenvalue weighted by molar-refractivity contribution is 0.534. The van der Waals surface area contributed by atoms with Crippen molar-refractivity contribution in [1.29, 1.82) is 0 Å². The molecule has 96 valence electrons. The Bertz CT molecular complexity index is 681. The molecule has 3 heterocycles. The van der Waals surface area contributed by atoms with Gasteiger partial charge < -0.3 is 0 Å². The summed E-state index contributed by atoms with van der Waals surface area (Å²) in [6, 6.07) is 3.60. The van der Waals surface area contributed by atoms with Crippen LogP contribution in [0.25, 0.3) is 5.65 Å². The van der Waals surface area contributed by atoms with Crippen molar-refractivity contribution in [2.24, 2.45) is 0 Å². The molecule has 0 radical (unpaired) electrons. The van der Waals surface area contributed by atoms with Gasteiger partial charge >= 0.3 is 0 Å². The van der Waals surface area contributed by atoms with E-state index < -0.39 is 9.84 Å². The maximum absolute atomic E-state index is 11.4. The summed E-state index contributed by atoms with van der Waals surface area (Å²) >= 11 is 6.04. The van der Waals surface area contributed by atoms with Crippen molar-refractivity contribution in [2.75, 3.05) is 11.5 Å². The highest BCUT2D eigenvalue weighted by molar-refractivity contribution is 7.91. The summed E-state index contributed by atoms with van der Waals surface area (Å²) < 4.78 is 24.7. The Labute approximate surface area is 110 Å². The number of hydrogen-bond acceptors (Lipinski definition) is 4. The number of nitrogens with zero attached hydrogens (tertiary/aromatic N) is 3. The molecule has 3 rings (SSSR count). The summed E-state index contributed by atoms with van der Waals surface area (Å²) in [7, 11) is -2.85. The highest BCUT2D eigenvalue weighted by atomic mass is 35.5. The molecule has 2 aromatic heterocycles. The fraction of sp³-hybridized carbons (Fsp3) is 0.455. The molecule has 7 heteroatoms. The van der Waals surface area contributed by atoms with Gasteiger partial charge in [0.25, 0.3) is 0 Å². The fourth-order valence-corrected chi connectivity index (χ4v) is 4.02. The van der Waals surface area contributed by atoms with Crippen molar-refractivity contribution in [2.45, 2.75) is 18.8 Å². The zero-order chi connectivity index (χ0) is 12.8. The largest absolute Gasteiger partial charge is 0.285 e. The molecule has 1 saturated heterocycles. The number of aromatic nitrogens is 3. The summed E-state index contributed by atoms with van der Waals surface area (Å²) in [6.07, 6.45) is 3.07. The highest BCUT2D eigenvalue weighted by Gasteiger charge is 2.28. The third-order valence-corrected chi connectivity index (χ3v) is 5.34. The quantitative estimate of drug-likeness (QED) is 0.799. The minimum atomic E-state index is -2.85. The molecule has 18 heavy (non-hydrogen) atoms. The van der Waals surface area contributed by atoms with Gasteiger partial charge in [0.1, 0.15) is 15.7 Å². The fourth-order valence-electron chi connectivity index (χ4n) is 2.33. The van der Waals surface area contributed by atoms with Gasteiger partial charge in [-0.05, 0) is 25.0 Å². The van der Waals surface area contributed by atoms with E-state index in [1.165, 1.54) is 0 Å². The number of rotatable bonds is 1. The highest BCUT2D eigenvalue weighted by Crippen LogP contribution is 2.29. The Hall–Kier alpha value is -1.14. The standard InChI is InChI=1S/C11H12ClN3O2S/c12-9-2-1-5-15-10(13-14-11(9)15)8-3-6-18(16,17)7-4-8/h1-2,5,8H,3-4,6-7H2. The van der Waals surface area contributed by atoms with E-state index in [1.54, 1.807) is 6.07 Å². The summed E-state index contributed by atoms with van der Waals surface area (Å²) in [5, 5.41) is 8.78. The lowest BCUT2D eigenvalue weighted by atomic mass is 10.0. The van der Waals surface area contributed by atoms with E-state index in [2.05, 4.69) is 10.2 Å². The molecular weight excluding hydrogens is 274 g/mol. The van der Waals surface area contributed by atoms with Crippen LogP contribution in [0, 0.1) is 0 Å². The minimum absolute atomic E-state index is 0.141. The number of fused-ring (bicyclic) bond motifs is 1. The van der Waals surface area contributed by atoms with E-state index >= 15 is 0 Å². The van der Waals surface area contributed by atoms with Gasteiger partial charge in [-0.25, -0.2) is 8.42 Å². The molecule has 0 unspecified atom stereocenters. The molecule has 0 N–H and O–H groups in total. The molecule has 0 saturated carbocycles. The average molecular weight is 286 g/mol. The Morgan fingerprint density at radius 2 is 2.00 bits per heavy atom. The normalized spacial score (nSPS) is 20.3. The molecule has 0 bridgehead atoms. The zero-order valence-corrected chi connectivity index (χ0v) is 11.2. The number of sulfone groups is 1. The molecule has 0 amide bonds. The van der Waals surface area contributed by atoms with Gasteiger partial charge in [0.15, 0.2) is 5.65 Å². The van der Waals surface area contributed by atoms with Crippen LogP contribution in [0.2, 0.25) is 5.02 Å². The third kappa shape index (κ3) is 1.99. The second kappa shape index (κ2) is 4.20. The molecule has 1 fully saturated rings. The van der Waals surface area contributed by atoms with E-state index in [4.69, 9.17) is 11.6 Å². The number of hydrogen-bond donors (Lipinski definition) is 0. The van der Waals surface area contributed by atoms with Gasteiger partial charge in [-0.3, -0.25) is 4.40 Å². The van der Waals surface area contributed by atoms with Crippen LogP contribution >= 0.6 is 11.6 Å². The lowest BCUT2D eigenvalue weighted by Crippen LogP contribution is -2.23. The van der Waals surface area contributed by atoms with Crippen molar-refractivity contribution in [1.82, 2.24) is 14.6 Å². The molecule has 1 aliphatic heterocycles. The first kappa shape index (κ1) is 11.9. The number of halogens is 1. The van der Waals surface area contributed by atoms with Gasteiger partial charge in [0, 0.05) is 12.1 Å². The summed E-state index contributed by atoms with van der Waals surface area (Å²) in [4.78, 5) is 0. The summed E-state index contributed by atoms with van der Waals surface area (Å²) in [6.45, 7) is 0. The van der Waals surface area contributed by atoms with Gasteiger partial charge in [0.2, 0.25) is 0 Å². The predicted octanol–water partition coefficient (Wildman–Crippen LogP) is 1.67. The van der Waals surface area contributed by atoms with Crippen molar-refractivity contribution in [3.05, 3.63) is 29.2 Å². The van der Waals surface area contributed by atoms with Gasteiger partial charge in [-0.1, -0.05) is 11.6 Å². The Balaban J connectivity index is 1.99. The average Bonchev–Trinajstić information content (AvgIpc) is 2.74. The van der Waals surface area contributed by atoms with Crippen molar-refractivity contribution >= 4 is 27.1 Å². The Kier molecular flexibility index (Phi) is 2.79. The first-order chi connectivity index (χ1) is 8.57. The van der Waals surface area contributed by atoms with Crippen molar-refractivity contribution in [3.63, 3.8) is 0 Å². The molecule has 0 aliphatic carbocycles. The molecule has 1 aliphatic rings. The van der Waals surface area contributed by atoms with E-state index in [9.17, 15) is 8.42 Å². The van der Waals surface area contributed by atoms with Crippen LogP contribution in [0.1, 0.15) is 24.6 Å². The van der Waals surface area contributed by atoms with Crippen LogP contribution in [-0.4, -0.2) is 34.5 Å². The third-order valence-electron chi connectivity index (χ3n) is 3.33. The van der Waals surface area contributed by atoms with Crippen molar-refractivity contribution in [3.8, 4) is 0 Å². The minimum Gasteiger partial charge on any atom is -0.285 e. The van der Waals surface area contributed by atoms with Crippen molar-refractivity contribution < 1.29 is 8.42 Å². The van der Waals surface area contributed by atoms with E-state index in [-0.39, 0.29) is 17.4 Å².